The number of carbonyl (C=O) groups excluding carboxylic acids is 1. The number of nitrogens with one attached hydrogen (secondary N) is 2. The summed E-state index contributed by atoms with van der Waals surface area (Å²) in [7, 11) is 0. The Bertz CT molecular complexity index is 952. The molecule has 0 spiro atoms. The average molecular weight is 330 g/mol. The molecule has 2 N–H and O–H groups in total. The number of hydrogen-bond donors (Lipinski definition) is 2. The maximum Gasteiger partial charge on any atom is 0.262 e. The van der Waals surface area contributed by atoms with Crippen molar-refractivity contribution in [3.8, 4) is 5.75 Å². The third-order valence-electron chi connectivity index (χ3n) is 3.25. The number of pyridine rings is 1. The first-order chi connectivity index (χ1) is 11.5. The third-order valence-corrected chi connectivity index (χ3v) is 3.25. The minimum absolute atomic E-state index is 0.0723. The number of benzene rings is 2. The number of carbonyl (C=O) groups is 1. The fraction of sp³-hybridized carbons (Fsp3) is 0.0588. The Balaban J connectivity index is 1.70. The zero-order valence-corrected chi connectivity index (χ0v) is 12.3. The predicted octanol–water partition coefficient (Wildman–Crippen LogP) is 2.82. The predicted molar refractivity (Wildman–Crippen MR) is 85.1 cm³/mol. The second-order valence-electron chi connectivity index (χ2n) is 5.04. The molecular formula is C17H12F2N2O3. The van der Waals surface area contributed by atoms with Crippen LogP contribution in [0.5, 0.6) is 5.75 Å². The Hall–Kier alpha value is -3.22. The number of ether oxygens (including phenoxy) is 1. The molecule has 5 nitrogen and oxygen atoms in total. The van der Waals surface area contributed by atoms with Crippen molar-refractivity contribution in [3.05, 3.63) is 70.5 Å². The number of anilines is 1. The molecule has 2 aromatic carbocycles. The maximum absolute atomic E-state index is 14.0. The molecule has 3 rings (SSSR count). The molecular weight excluding hydrogens is 318 g/mol. The molecule has 7 heteroatoms. The molecule has 0 saturated heterocycles. The molecule has 0 aliphatic heterocycles. The van der Waals surface area contributed by atoms with Gasteiger partial charge in [-0.15, -0.1) is 0 Å². The Morgan fingerprint density at radius 3 is 2.58 bits per heavy atom. The Kier molecular flexibility index (Phi) is 4.24. The number of aromatic amines is 1. The van der Waals surface area contributed by atoms with Crippen molar-refractivity contribution in [3.63, 3.8) is 0 Å². The van der Waals surface area contributed by atoms with E-state index in [1.54, 1.807) is 0 Å². The first kappa shape index (κ1) is 15.7. The lowest BCUT2D eigenvalue weighted by Gasteiger charge is -2.09. The van der Waals surface area contributed by atoms with Crippen LogP contribution in [0.25, 0.3) is 10.9 Å². The molecule has 0 atom stereocenters. The number of rotatable bonds is 4. The topological polar surface area (TPSA) is 71.2 Å². The van der Waals surface area contributed by atoms with Crippen molar-refractivity contribution in [1.29, 1.82) is 0 Å². The lowest BCUT2D eigenvalue weighted by atomic mass is 10.2. The highest BCUT2D eigenvalue weighted by atomic mass is 19.1. The Labute approximate surface area is 134 Å². The van der Waals surface area contributed by atoms with Crippen LogP contribution in [0.2, 0.25) is 0 Å². The van der Waals surface area contributed by atoms with Crippen LogP contribution in [0, 0.1) is 11.6 Å². The molecule has 122 valence electrons. The molecule has 0 fully saturated rings. The quantitative estimate of drug-likeness (QED) is 0.773. The van der Waals surface area contributed by atoms with E-state index in [2.05, 4.69) is 10.3 Å². The molecule has 1 heterocycles. The smallest absolute Gasteiger partial charge is 0.262 e. The maximum atomic E-state index is 14.0. The zero-order chi connectivity index (χ0) is 17.1. The van der Waals surface area contributed by atoms with Gasteiger partial charge in [-0.2, -0.15) is 0 Å². The van der Waals surface area contributed by atoms with E-state index in [1.807, 2.05) is 0 Å². The fourth-order valence-electron chi connectivity index (χ4n) is 2.17. The molecule has 0 radical (unpaired) electrons. The van der Waals surface area contributed by atoms with Crippen LogP contribution in [0.3, 0.4) is 0 Å². The van der Waals surface area contributed by atoms with E-state index < -0.39 is 23.1 Å². The van der Waals surface area contributed by atoms with Crippen LogP contribution in [-0.2, 0) is 4.79 Å². The van der Waals surface area contributed by atoms with E-state index in [0.29, 0.717) is 11.1 Å². The summed E-state index contributed by atoms with van der Waals surface area (Å²) in [6, 6.07) is 10.6. The number of H-pyrrole nitrogens is 1. The van der Waals surface area contributed by atoms with Crippen molar-refractivity contribution < 1.29 is 18.3 Å². The lowest BCUT2D eigenvalue weighted by molar-refractivity contribution is -0.118. The van der Waals surface area contributed by atoms with Gasteiger partial charge in [-0.05, 0) is 42.5 Å². The van der Waals surface area contributed by atoms with E-state index in [-0.39, 0.29) is 17.8 Å². The van der Waals surface area contributed by atoms with Gasteiger partial charge in [0.25, 0.3) is 5.91 Å². The highest BCUT2D eigenvalue weighted by molar-refractivity contribution is 5.94. The van der Waals surface area contributed by atoms with E-state index in [1.165, 1.54) is 42.5 Å². The Morgan fingerprint density at radius 1 is 1.08 bits per heavy atom. The lowest BCUT2D eigenvalue weighted by Crippen LogP contribution is -2.20. The normalized spacial score (nSPS) is 10.6. The van der Waals surface area contributed by atoms with Crippen molar-refractivity contribution in [2.45, 2.75) is 0 Å². The van der Waals surface area contributed by atoms with Crippen LogP contribution >= 0.6 is 0 Å². The van der Waals surface area contributed by atoms with Gasteiger partial charge in [0, 0.05) is 17.1 Å². The standard InChI is InChI=1S/C17H12F2N2O3/c18-11-2-4-13(5-3-11)24-9-16(23)20-12-7-10-1-6-15(22)21-17(10)14(19)8-12/h1-8H,9H2,(H,20,23)(H,21,22). The SMILES string of the molecule is O=C(COc1ccc(F)cc1)Nc1cc(F)c2[nH]c(=O)ccc2c1. The molecule has 0 bridgehead atoms. The molecule has 0 aliphatic carbocycles. The highest BCUT2D eigenvalue weighted by Crippen LogP contribution is 2.20. The van der Waals surface area contributed by atoms with Crippen LogP contribution in [-0.4, -0.2) is 17.5 Å². The number of amides is 1. The van der Waals surface area contributed by atoms with Crippen LogP contribution in [0.4, 0.5) is 14.5 Å². The second-order valence-corrected chi connectivity index (χ2v) is 5.04. The summed E-state index contributed by atoms with van der Waals surface area (Å²) in [4.78, 5) is 25.5. The van der Waals surface area contributed by atoms with Gasteiger partial charge in [0.15, 0.2) is 6.61 Å². The van der Waals surface area contributed by atoms with Gasteiger partial charge in [-0.25, -0.2) is 8.78 Å². The van der Waals surface area contributed by atoms with Crippen LogP contribution < -0.4 is 15.6 Å². The molecule has 0 aliphatic rings. The van der Waals surface area contributed by atoms with E-state index in [0.717, 1.165) is 6.07 Å². The van der Waals surface area contributed by atoms with E-state index in [9.17, 15) is 18.4 Å². The van der Waals surface area contributed by atoms with Crippen molar-refractivity contribution in [1.82, 2.24) is 4.98 Å². The largest absolute Gasteiger partial charge is 0.484 e. The summed E-state index contributed by atoms with van der Waals surface area (Å²) < 4.78 is 32.0. The van der Waals surface area contributed by atoms with Crippen LogP contribution in [0.15, 0.2) is 53.3 Å². The number of hydrogen-bond acceptors (Lipinski definition) is 3. The minimum atomic E-state index is -0.653. The Morgan fingerprint density at radius 2 is 1.83 bits per heavy atom. The molecule has 0 saturated carbocycles. The monoisotopic (exact) mass is 330 g/mol. The highest BCUT2D eigenvalue weighted by Gasteiger charge is 2.08. The second kappa shape index (κ2) is 6.49. The van der Waals surface area contributed by atoms with Crippen molar-refractivity contribution >= 4 is 22.5 Å². The van der Waals surface area contributed by atoms with Gasteiger partial charge >= 0.3 is 0 Å². The number of halogens is 2. The van der Waals surface area contributed by atoms with Gasteiger partial charge in [0.05, 0.1) is 5.52 Å². The summed E-state index contributed by atoms with van der Waals surface area (Å²) in [5, 5.41) is 2.95. The van der Waals surface area contributed by atoms with E-state index in [4.69, 9.17) is 4.74 Å². The van der Waals surface area contributed by atoms with Crippen LogP contribution in [0.1, 0.15) is 0 Å². The van der Waals surface area contributed by atoms with Gasteiger partial charge in [-0.3, -0.25) is 9.59 Å². The van der Waals surface area contributed by atoms with Gasteiger partial charge in [-0.1, -0.05) is 0 Å². The number of aromatic nitrogens is 1. The fourth-order valence-corrected chi connectivity index (χ4v) is 2.17. The number of fused-ring (bicyclic) bond motifs is 1. The first-order valence-electron chi connectivity index (χ1n) is 7.02. The van der Waals surface area contributed by atoms with Gasteiger partial charge < -0.3 is 15.0 Å². The summed E-state index contributed by atoms with van der Waals surface area (Å²) in [6.45, 7) is -0.309. The first-order valence-corrected chi connectivity index (χ1v) is 7.02. The molecule has 1 amide bonds. The van der Waals surface area contributed by atoms with Gasteiger partial charge in [0.2, 0.25) is 5.56 Å². The summed E-state index contributed by atoms with van der Waals surface area (Å²) >= 11 is 0. The molecule has 24 heavy (non-hydrogen) atoms. The average Bonchev–Trinajstić information content (AvgIpc) is 2.55. The summed E-state index contributed by atoms with van der Waals surface area (Å²) in [5.41, 5.74) is -0.103. The summed E-state index contributed by atoms with van der Waals surface area (Å²) in [6.07, 6.45) is 0. The minimum Gasteiger partial charge on any atom is -0.484 e. The zero-order valence-electron chi connectivity index (χ0n) is 12.3. The summed E-state index contributed by atoms with van der Waals surface area (Å²) in [5.74, 6) is -1.22. The third kappa shape index (κ3) is 3.57. The van der Waals surface area contributed by atoms with Crippen molar-refractivity contribution in [2.24, 2.45) is 0 Å². The van der Waals surface area contributed by atoms with Gasteiger partial charge in [0.1, 0.15) is 17.4 Å². The molecule has 3 aromatic rings. The molecule has 1 aromatic heterocycles. The molecule has 0 unspecified atom stereocenters. The van der Waals surface area contributed by atoms with Crippen molar-refractivity contribution in [2.75, 3.05) is 11.9 Å². The van der Waals surface area contributed by atoms with E-state index >= 15 is 0 Å².